The molecule has 1 saturated heterocycles. The molecule has 1 N–H and O–H groups in total. The van der Waals surface area contributed by atoms with E-state index in [0.717, 1.165) is 5.56 Å². The highest BCUT2D eigenvalue weighted by atomic mass is 16.7. The molecule has 0 bridgehead atoms. The van der Waals surface area contributed by atoms with E-state index in [9.17, 15) is 14.7 Å². The van der Waals surface area contributed by atoms with Gasteiger partial charge in [0.15, 0.2) is 11.5 Å². The van der Waals surface area contributed by atoms with Crippen LogP contribution in [-0.2, 0) is 9.59 Å². The van der Waals surface area contributed by atoms with E-state index in [4.69, 9.17) is 9.47 Å². The highest BCUT2D eigenvalue weighted by molar-refractivity contribution is 6.51. The third-order valence-electron chi connectivity index (χ3n) is 5.42. The van der Waals surface area contributed by atoms with Gasteiger partial charge < -0.3 is 14.6 Å². The van der Waals surface area contributed by atoms with E-state index in [0.29, 0.717) is 28.3 Å². The van der Waals surface area contributed by atoms with Gasteiger partial charge in [-0.05, 0) is 55.0 Å². The summed E-state index contributed by atoms with van der Waals surface area (Å²) < 4.78 is 10.7. The largest absolute Gasteiger partial charge is 0.507 e. The number of aliphatic hydroxyl groups excluding tert-OH is 1. The van der Waals surface area contributed by atoms with Crippen molar-refractivity contribution in [3.8, 4) is 11.5 Å². The molecule has 2 aliphatic rings. The van der Waals surface area contributed by atoms with Gasteiger partial charge in [-0.3, -0.25) is 19.5 Å². The molecule has 0 spiro atoms. The number of nitrogens with zero attached hydrogens (tertiary/aromatic N) is 2. The fraction of sp³-hybridized carbons (Fsp3) is 0.125. The number of benzene rings is 2. The van der Waals surface area contributed by atoms with Gasteiger partial charge in [-0.25, -0.2) is 0 Å². The van der Waals surface area contributed by atoms with Crippen LogP contribution < -0.4 is 14.4 Å². The molecule has 5 rings (SSSR count). The minimum Gasteiger partial charge on any atom is -0.507 e. The van der Waals surface area contributed by atoms with E-state index in [1.165, 1.54) is 4.90 Å². The number of carbonyl (C=O) groups is 2. The summed E-state index contributed by atoms with van der Waals surface area (Å²) in [5.74, 6) is -0.696. The predicted octanol–water partition coefficient (Wildman–Crippen LogP) is 3.75. The van der Waals surface area contributed by atoms with E-state index in [2.05, 4.69) is 4.98 Å². The van der Waals surface area contributed by atoms with Gasteiger partial charge in [-0.1, -0.05) is 17.7 Å². The summed E-state index contributed by atoms with van der Waals surface area (Å²) in [4.78, 5) is 31.6. The second-order valence-electron chi connectivity index (χ2n) is 7.35. The standard InChI is InChI=1S/C24H18N2O5/c1-14-2-5-17(6-3-14)26-21(15-8-10-25-11-9-15)20(23(28)24(26)29)22(27)16-4-7-18-19(12-16)31-13-30-18/h2-12,21,27H,13H2,1H3/b22-20-. The van der Waals surface area contributed by atoms with Gasteiger partial charge >= 0.3 is 0 Å². The van der Waals surface area contributed by atoms with Crippen LogP contribution in [-0.4, -0.2) is 28.6 Å². The van der Waals surface area contributed by atoms with Crippen LogP contribution in [0.4, 0.5) is 5.69 Å². The number of ketones is 1. The lowest BCUT2D eigenvalue weighted by molar-refractivity contribution is -0.132. The third-order valence-corrected chi connectivity index (χ3v) is 5.42. The van der Waals surface area contributed by atoms with Gasteiger partial charge in [0.1, 0.15) is 5.76 Å². The number of aryl methyl sites for hydroxylation is 1. The minimum atomic E-state index is -0.795. The second-order valence-corrected chi connectivity index (χ2v) is 7.35. The molecule has 7 nitrogen and oxygen atoms in total. The van der Waals surface area contributed by atoms with Crippen LogP contribution in [0.3, 0.4) is 0 Å². The van der Waals surface area contributed by atoms with Crippen molar-refractivity contribution in [2.75, 3.05) is 11.7 Å². The Morgan fingerprint density at radius 1 is 1.00 bits per heavy atom. The van der Waals surface area contributed by atoms with Crippen molar-refractivity contribution in [2.24, 2.45) is 0 Å². The predicted molar refractivity (Wildman–Crippen MR) is 113 cm³/mol. The van der Waals surface area contributed by atoms with E-state index in [1.807, 2.05) is 19.1 Å². The first kappa shape index (κ1) is 18.9. The maximum atomic E-state index is 13.1. The number of aromatic nitrogens is 1. The number of carbonyl (C=O) groups excluding carboxylic acids is 2. The lowest BCUT2D eigenvalue weighted by Crippen LogP contribution is -2.29. The summed E-state index contributed by atoms with van der Waals surface area (Å²) in [6.45, 7) is 2.03. The summed E-state index contributed by atoms with van der Waals surface area (Å²) in [5, 5.41) is 11.1. The zero-order valence-electron chi connectivity index (χ0n) is 16.6. The molecule has 1 aromatic heterocycles. The van der Waals surface area contributed by atoms with Crippen molar-refractivity contribution < 1.29 is 24.2 Å². The summed E-state index contributed by atoms with van der Waals surface area (Å²) in [7, 11) is 0. The average Bonchev–Trinajstić information content (AvgIpc) is 3.37. The zero-order valence-corrected chi connectivity index (χ0v) is 16.6. The molecular formula is C24H18N2O5. The van der Waals surface area contributed by atoms with Gasteiger partial charge in [0.25, 0.3) is 11.7 Å². The molecule has 0 aliphatic carbocycles. The van der Waals surface area contributed by atoms with E-state index < -0.39 is 17.7 Å². The van der Waals surface area contributed by atoms with Gasteiger partial charge in [-0.15, -0.1) is 0 Å². The Morgan fingerprint density at radius 3 is 2.45 bits per heavy atom. The first-order chi connectivity index (χ1) is 15.0. The Balaban J connectivity index is 1.69. The number of rotatable bonds is 3. The van der Waals surface area contributed by atoms with Gasteiger partial charge in [-0.2, -0.15) is 0 Å². The first-order valence-electron chi connectivity index (χ1n) is 9.72. The number of ether oxygens (including phenoxy) is 2. The van der Waals surface area contributed by atoms with Crippen molar-refractivity contribution >= 4 is 23.1 Å². The topological polar surface area (TPSA) is 89.0 Å². The number of pyridine rings is 1. The number of hydrogen-bond donors (Lipinski definition) is 1. The van der Waals surface area contributed by atoms with Crippen LogP contribution in [0.1, 0.15) is 22.7 Å². The summed E-state index contributed by atoms with van der Waals surface area (Å²) in [6.07, 6.45) is 3.18. The number of Topliss-reactive ketones (excluding diaryl/α,β-unsaturated/α-hetero) is 1. The molecule has 3 heterocycles. The Hall–Kier alpha value is -4.13. The van der Waals surface area contributed by atoms with Gasteiger partial charge in [0.2, 0.25) is 6.79 Å². The lowest BCUT2D eigenvalue weighted by Gasteiger charge is -2.25. The van der Waals surface area contributed by atoms with E-state index >= 15 is 0 Å². The van der Waals surface area contributed by atoms with Crippen molar-refractivity contribution in [1.82, 2.24) is 4.98 Å². The van der Waals surface area contributed by atoms with Crippen molar-refractivity contribution in [2.45, 2.75) is 13.0 Å². The maximum absolute atomic E-state index is 13.1. The zero-order chi connectivity index (χ0) is 21.5. The number of anilines is 1. The monoisotopic (exact) mass is 414 g/mol. The van der Waals surface area contributed by atoms with Crippen LogP contribution in [0, 0.1) is 6.92 Å². The van der Waals surface area contributed by atoms with Crippen LogP contribution in [0.15, 0.2) is 72.6 Å². The first-order valence-corrected chi connectivity index (χ1v) is 9.72. The number of aliphatic hydroxyl groups is 1. The summed E-state index contributed by atoms with van der Waals surface area (Å²) in [5.41, 5.74) is 2.64. The molecule has 7 heteroatoms. The number of fused-ring (bicyclic) bond motifs is 1. The van der Waals surface area contributed by atoms with Crippen LogP contribution in [0.5, 0.6) is 11.5 Å². The maximum Gasteiger partial charge on any atom is 0.300 e. The SMILES string of the molecule is Cc1ccc(N2C(=O)C(=O)/C(=C(\O)c3ccc4c(c3)OCO4)C2c2ccncc2)cc1. The fourth-order valence-corrected chi connectivity index (χ4v) is 3.86. The van der Waals surface area contributed by atoms with E-state index in [-0.39, 0.29) is 18.1 Å². The third kappa shape index (κ3) is 3.11. The Morgan fingerprint density at radius 2 is 1.71 bits per heavy atom. The minimum absolute atomic E-state index is 0.00985. The molecule has 0 saturated carbocycles. The van der Waals surface area contributed by atoms with Gasteiger partial charge in [0.05, 0.1) is 11.6 Å². The second kappa shape index (κ2) is 7.28. The van der Waals surface area contributed by atoms with Crippen molar-refractivity contribution in [3.05, 3.63) is 89.3 Å². The van der Waals surface area contributed by atoms with Crippen LogP contribution in [0.2, 0.25) is 0 Å². The van der Waals surface area contributed by atoms with E-state index in [1.54, 1.807) is 54.9 Å². The highest BCUT2D eigenvalue weighted by Crippen LogP contribution is 2.43. The fourth-order valence-electron chi connectivity index (χ4n) is 3.86. The number of amides is 1. The molecule has 1 atom stereocenters. The van der Waals surface area contributed by atoms with Crippen molar-refractivity contribution in [1.29, 1.82) is 0 Å². The Labute approximate surface area is 178 Å². The molecule has 154 valence electrons. The molecule has 1 amide bonds. The van der Waals surface area contributed by atoms with Gasteiger partial charge in [0, 0.05) is 23.6 Å². The van der Waals surface area contributed by atoms with Crippen LogP contribution in [0.25, 0.3) is 5.76 Å². The average molecular weight is 414 g/mol. The summed E-state index contributed by atoms with van der Waals surface area (Å²) >= 11 is 0. The summed E-state index contributed by atoms with van der Waals surface area (Å²) in [6, 6.07) is 14.9. The molecular weight excluding hydrogens is 396 g/mol. The molecule has 2 aromatic carbocycles. The smallest absolute Gasteiger partial charge is 0.300 e. The molecule has 31 heavy (non-hydrogen) atoms. The van der Waals surface area contributed by atoms with Crippen molar-refractivity contribution in [3.63, 3.8) is 0 Å². The van der Waals surface area contributed by atoms with Crippen LogP contribution >= 0.6 is 0 Å². The molecule has 1 unspecified atom stereocenters. The quantitative estimate of drug-likeness (QED) is 0.399. The Kier molecular flexibility index (Phi) is 4.43. The normalized spacial score (nSPS) is 19.1. The molecule has 3 aromatic rings. The number of hydrogen-bond acceptors (Lipinski definition) is 6. The molecule has 1 fully saturated rings. The molecule has 0 radical (unpaired) electrons. The highest BCUT2D eigenvalue weighted by Gasteiger charge is 2.47. The molecule has 2 aliphatic heterocycles. The Bertz CT molecular complexity index is 1220. The lowest BCUT2D eigenvalue weighted by atomic mass is 9.95.